The molecule has 0 spiro atoms. The maximum atomic E-state index is 11.9. The van der Waals surface area contributed by atoms with Crippen molar-refractivity contribution in [1.82, 2.24) is 10.6 Å². The zero-order valence-electron chi connectivity index (χ0n) is 10.7. The highest BCUT2D eigenvalue weighted by atomic mass is 35.5. The fourth-order valence-corrected chi connectivity index (χ4v) is 2.11. The van der Waals surface area contributed by atoms with Crippen LogP contribution in [-0.2, 0) is 16.1 Å². The van der Waals surface area contributed by atoms with Gasteiger partial charge in [0.25, 0.3) is 5.91 Å². The minimum Gasteiger partial charge on any atom is -0.496 e. The molecule has 0 radical (unpaired) electrons. The van der Waals surface area contributed by atoms with Gasteiger partial charge in [0.1, 0.15) is 11.9 Å². The molecular formula is C13H17ClN2O3. The van der Waals surface area contributed by atoms with Gasteiger partial charge < -0.3 is 20.1 Å². The fraction of sp³-hybridized carbons (Fsp3) is 0.462. The average molecular weight is 285 g/mol. The predicted molar refractivity (Wildman–Crippen MR) is 72.5 cm³/mol. The minimum atomic E-state index is -0.432. The molecule has 1 heterocycles. The summed E-state index contributed by atoms with van der Waals surface area (Å²) in [6.45, 7) is 2.24. The van der Waals surface area contributed by atoms with Crippen LogP contribution in [0.2, 0.25) is 5.02 Å². The second-order valence-corrected chi connectivity index (χ2v) is 4.67. The van der Waals surface area contributed by atoms with Gasteiger partial charge in [0, 0.05) is 30.2 Å². The first kappa shape index (κ1) is 14.1. The van der Waals surface area contributed by atoms with Gasteiger partial charge in [0.15, 0.2) is 0 Å². The normalized spacial score (nSPS) is 18.9. The van der Waals surface area contributed by atoms with Crippen molar-refractivity contribution in [2.45, 2.75) is 12.6 Å². The molecule has 1 amide bonds. The van der Waals surface area contributed by atoms with Crippen LogP contribution in [0.25, 0.3) is 0 Å². The third-order valence-corrected chi connectivity index (χ3v) is 3.15. The van der Waals surface area contributed by atoms with E-state index >= 15 is 0 Å². The molecule has 2 N–H and O–H groups in total. The number of nitrogens with one attached hydrogen (secondary N) is 2. The van der Waals surface area contributed by atoms with E-state index in [9.17, 15) is 4.79 Å². The summed E-state index contributed by atoms with van der Waals surface area (Å²) in [5.41, 5.74) is 0.840. The van der Waals surface area contributed by atoms with Gasteiger partial charge in [0.2, 0.25) is 0 Å². The first-order chi connectivity index (χ1) is 9.20. The number of amides is 1. The van der Waals surface area contributed by atoms with Crippen molar-refractivity contribution in [3.05, 3.63) is 28.8 Å². The van der Waals surface area contributed by atoms with Crippen molar-refractivity contribution in [2.24, 2.45) is 0 Å². The maximum Gasteiger partial charge on any atom is 0.250 e. The van der Waals surface area contributed by atoms with Crippen molar-refractivity contribution in [3.63, 3.8) is 0 Å². The number of benzene rings is 1. The summed E-state index contributed by atoms with van der Waals surface area (Å²) in [6.07, 6.45) is -0.432. The zero-order valence-corrected chi connectivity index (χ0v) is 11.5. The van der Waals surface area contributed by atoms with Crippen molar-refractivity contribution in [2.75, 3.05) is 26.8 Å². The van der Waals surface area contributed by atoms with Crippen LogP contribution in [-0.4, -0.2) is 38.8 Å². The fourth-order valence-electron chi connectivity index (χ4n) is 1.92. The van der Waals surface area contributed by atoms with E-state index < -0.39 is 6.10 Å². The quantitative estimate of drug-likeness (QED) is 0.864. The largest absolute Gasteiger partial charge is 0.496 e. The number of ether oxygens (including phenoxy) is 2. The van der Waals surface area contributed by atoms with Crippen molar-refractivity contribution in [3.8, 4) is 5.75 Å². The number of carbonyl (C=O) groups is 1. The molecule has 2 rings (SSSR count). The molecule has 1 atom stereocenters. The third kappa shape index (κ3) is 3.83. The van der Waals surface area contributed by atoms with Crippen LogP contribution in [0.15, 0.2) is 18.2 Å². The van der Waals surface area contributed by atoms with Crippen molar-refractivity contribution >= 4 is 17.5 Å². The number of carbonyl (C=O) groups excluding carboxylic acids is 1. The Kier molecular flexibility index (Phi) is 5.01. The number of rotatable bonds is 4. The molecule has 1 aliphatic rings. The van der Waals surface area contributed by atoms with Gasteiger partial charge in [0.05, 0.1) is 13.7 Å². The van der Waals surface area contributed by atoms with E-state index in [1.54, 1.807) is 25.3 Å². The van der Waals surface area contributed by atoms with Gasteiger partial charge in [-0.3, -0.25) is 4.79 Å². The summed E-state index contributed by atoms with van der Waals surface area (Å²) in [5, 5.41) is 6.55. The molecule has 1 aliphatic heterocycles. The van der Waals surface area contributed by atoms with E-state index in [1.807, 2.05) is 0 Å². The Morgan fingerprint density at radius 2 is 2.47 bits per heavy atom. The van der Waals surface area contributed by atoms with E-state index in [0.717, 1.165) is 12.1 Å². The first-order valence-corrected chi connectivity index (χ1v) is 6.51. The van der Waals surface area contributed by atoms with Gasteiger partial charge in [-0.25, -0.2) is 0 Å². The van der Waals surface area contributed by atoms with Crippen LogP contribution >= 0.6 is 11.6 Å². The first-order valence-electron chi connectivity index (χ1n) is 6.13. The Balaban J connectivity index is 1.94. The molecule has 0 aromatic heterocycles. The summed E-state index contributed by atoms with van der Waals surface area (Å²) in [5.74, 6) is 0.571. The summed E-state index contributed by atoms with van der Waals surface area (Å²) in [7, 11) is 1.59. The molecule has 1 aromatic carbocycles. The molecule has 1 fully saturated rings. The van der Waals surface area contributed by atoms with Crippen LogP contribution in [0.3, 0.4) is 0 Å². The molecule has 0 saturated carbocycles. The number of hydrogen-bond donors (Lipinski definition) is 2. The molecule has 19 heavy (non-hydrogen) atoms. The summed E-state index contributed by atoms with van der Waals surface area (Å²) in [4.78, 5) is 11.9. The molecule has 0 bridgehead atoms. The minimum absolute atomic E-state index is 0.130. The number of hydrogen-bond acceptors (Lipinski definition) is 4. The van der Waals surface area contributed by atoms with Gasteiger partial charge in [-0.05, 0) is 18.2 Å². The van der Waals surface area contributed by atoms with Gasteiger partial charge in [-0.2, -0.15) is 0 Å². The van der Waals surface area contributed by atoms with Crippen LogP contribution in [0.1, 0.15) is 5.56 Å². The van der Waals surface area contributed by atoms with E-state index in [-0.39, 0.29) is 5.91 Å². The highest BCUT2D eigenvalue weighted by Crippen LogP contribution is 2.22. The molecular weight excluding hydrogens is 268 g/mol. The summed E-state index contributed by atoms with van der Waals surface area (Å²) < 4.78 is 10.6. The Morgan fingerprint density at radius 3 is 3.16 bits per heavy atom. The third-order valence-electron chi connectivity index (χ3n) is 2.92. The Morgan fingerprint density at radius 1 is 1.63 bits per heavy atom. The van der Waals surface area contributed by atoms with Gasteiger partial charge >= 0.3 is 0 Å². The number of halogens is 1. The smallest absolute Gasteiger partial charge is 0.250 e. The lowest BCUT2D eigenvalue weighted by atomic mass is 10.2. The van der Waals surface area contributed by atoms with E-state index in [1.165, 1.54) is 0 Å². The van der Waals surface area contributed by atoms with Crippen molar-refractivity contribution < 1.29 is 14.3 Å². The molecule has 1 unspecified atom stereocenters. The molecule has 0 aliphatic carbocycles. The topological polar surface area (TPSA) is 59.6 Å². The van der Waals surface area contributed by atoms with Gasteiger partial charge in [-0.15, -0.1) is 0 Å². The Bertz CT molecular complexity index is 448. The lowest BCUT2D eigenvalue weighted by Gasteiger charge is -2.22. The van der Waals surface area contributed by atoms with Crippen LogP contribution in [0.4, 0.5) is 0 Å². The van der Waals surface area contributed by atoms with E-state index in [4.69, 9.17) is 21.1 Å². The van der Waals surface area contributed by atoms with Crippen LogP contribution in [0, 0.1) is 0 Å². The average Bonchev–Trinajstić information content (AvgIpc) is 2.46. The Labute approximate surface area is 117 Å². The number of methoxy groups -OCH3 is 1. The molecule has 5 nitrogen and oxygen atoms in total. The van der Waals surface area contributed by atoms with Gasteiger partial charge in [-0.1, -0.05) is 11.6 Å². The lowest BCUT2D eigenvalue weighted by molar-refractivity contribution is -0.134. The molecule has 6 heteroatoms. The monoisotopic (exact) mass is 284 g/mol. The number of morpholine rings is 1. The van der Waals surface area contributed by atoms with E-state index in [0.29, 0.717) is 30.5 Å². The Hall–Kier alpha value is -1.30. The summed E-state index contributed by atoms with van der Waals surface area (Å²) >= 11 is 5.93. The maximum absolute atomic E-state index is 11.9. The van der Waals surface area contributed by atoms with Crippen LogP contribution < -0.4 is 15.4 Å². The SMILES string of the molecule is COc1ccc(Cl)cc1CNC(=O)C1CNCCO1. The second-order valence-electron chi connectivity index (χ2n) is 4.24. The standard InChI is InChI=1S/C13H17ClN2O3/c1-18-11-3-2-10(14)6-9(11)7-16-13(17)12-8-15-4-5-19-12/h2-3,6,12,15H,4-5,7-8H2,1H3,(H,16,17). The van der Waals surface area contributed by atoms with Crippen LogP contribution in [0.5, 0.6) is 5.75 Å². The molecule has 104 valence electrons. The highest BCUT2D eigenvalue weighted by Gasteiger charge is 2.21. The van der Waals surface area contributed by atoms with E-state index in [2.05, 4.69) is 10.6 Å². The van der Waals surface area contributed by atoms with Crippen molar-refractivity contribution in [1.29, 1.82) is 0 Å². The second kappa shape index (κ2) is 6.75. The zero-order chi connectivity index (χ0) is 13.7. The molecule has 1 saturated heterocycles. The summed E-state index contributed by atoms with van der Waals surface area (Å²) in [6, 6.07) is 5.31. The highest BCUT2D eigenvalue weighted by molar-refractivity contribution is 6.30. The predicted octanol–water partition coefficient (Wildman–Crippen LogP) is 0.953. The lowest BCUT2D eigenvalue weighted by Crippen LogP contribution is -2.47. The molecule has 1 aromatic rings.